The zero-order chi connectivity index (χ0) is 12.1. The average Bonchev–Trinajstić information content (AvgIpc) is 2.77. The fraction of sp³-hybridized carbons (Fsp3) is 0.462. The number of nitrogens with two attached hydrogens (primary N) is 1. The van der Waals surface area contributed by atoms with Crippen LogP contribution in [0.1, 0.15) is 18.4 Å². The van der Waals surface area contributed by atoms with Gasteiger partial charge in [0.05, 0.1) is 19.3 Å². The lowest BCUT2D eigenvalue weighted by Gasteiger charge is -2.17. The first-order valence-corrected chi connectivity index (χ1v) is 5.82. The van der Waals surface area contributed by atoms with Gasteiger partial charge in [-0.3, -0.25) is 4.79 Å². The van der Waals surface area contributed by atoms with Crippen LogP contribution >= 0.6 is 0 Å². The van der Waals surface area contributed by atoms with Crippen LogP contribution in [0.15, 0.2) is 30.3 Å². The van der Waals surface area contributed by atoms with Gasteiger partial charge in [0.2, 0.25) is 0 Å². The van der Waals surface area contributed by atoms with Gasteiger partial charge in [-0.1, -0.05) is 30.3 Å². The molecule has 1 aliphatic rings. The molecule has 4 heteroatoms. The summed E-state index contributed by atoms with van der Waals surface area (Å²) in [5, 5.41) is 0. The molecule has 1 saturated heterocycles. The summed E-state index contributed by atoms with van der Waals surface area (Å²) in [5.74, 6) is -0.159. The summed E-state index contributed by atoms with van der Waals surface area (Å²) in [5.41, 5.74) is 7.02. The minimum absolute atomic E-state index is 0.159. The van der Waals surface area contributed by atoms with E-state index in [4.69, 9.17) is 15.2 Å². The van der Waals surface area contributed by atoms with Gasteiger partial charge in [-0.25, -0.2) is 0 Å². The van der Waals surface area contributed by atoms with Crippen LogP contribution in [0.3, 0.4) is 0 Å². The minimum Gasteiger partial charge on any atom is -0.461 e. The van der Waals surface area contributed by atoms with E-state index in [0.29, 0.717) is 26.1 Å². The lowest BCUT2D eigenvalue weighted by Crippen LogP contribution is -2.38. The number of cyclic esters (lactones) is 1. The van der Waals surface area contributed by atoms with Gasteiger partial charge in [0.15, 0.2) is 0 Å². The Bertz CT molecular complexity index is 366. The van der Waals surface area contributed by atoms with Crippen molar-refractivity contribution >= 4 is 5.97 Å². The van der Waals surface area contributed by atoms with E-state index in [2.05, 4.69) is 0 Å². The largest absolute Gasteiger partial charge is 0.461 e. The van der Waals surface area contributed by atoms with Crippen LogP contribution in [0.25, 0.3) is 0 Å². The second-order valence-corrected chi connectivity index (χ2v) is 4.23. The highest BCUT2D eigenvalue weighted by molar-refractivity contribution is 5.71. The second kappa shape index (κ2) is 5.80. The minimum atomic E-state index is -0.231. The van der Waals surface area contributed by atoms with Crippen molar-refractivity contribution in [1.29, 1.82) is 0 Å². The summed E-state index contributed by atoms with van der Waals surface area (Å²) >= 11 is 0. The van der Waals surface area contributed by atoms with Gasteiger partial charge in [0.25, 0.3) is 0 Å². The molecule has 1 aliphatic heterocycles. The molecular formula is C13H17NO3. The van der Waals surface area contributed by atoms with Crippen LogP contribution in [0, 0.1) is 0 Å². The van der Waals surface area contributed by atoms with Crippen LogP contribution in [-0.2, 0) is 20.9 Å². The summed E-state index contributed by atoms with van der Waals surface area (Å²) in [6.07, 6.45) is 0.990. The van der Waals surface area contributed by atoms with Crippen molar-refractivity contribution in [2.75, 3.05) is 6.61 Å². The zero-order valence-electron chi connectivity index (χ0n) is 9.67. The Labute approximate surface area is 101 Å². The topological polar surface area (TPSA) is 61.5 Å². The molecule has 1 heterocycles. The van der Waals surface area contributed by atoms with E-state index in [1.807, 2.05) is 30.3 Å². The second-order valence-electron chi connectivity index (χ2n) is 4.23. The third kappa shape index (κ3) is 3.54. The molecule has 2 N–H and O–H groups in total. The molecule has 2 atom stereocenters. The molecule has 0 saturated carbocycles. The Morgan fingerprint density at radius 2 is 2.18 bits per heavy atom. The van der Waals surface area contributed by atoms with Gasteiger partial charge in [0.1, 0.15) is 6.10 Å². The molecule has 1 aromatic carbocycles. The number of esters is 1. The van der Waals surface area contributed by atoms with E-state index < -0.39 is 0 Å². The Kier molecular flexibility index (Phi) is 4.12. The van der Waals surface area contributed by atoms with Crippen molar-refractivity contribution in [2.45, 2.75) is 31.6 Å². The number of carbonyl (C=O) groups excluding carboxylic acids is 1. The molecule has 0 amide bonds. The van der Waals surface area contributed by atoms with Crippen molar-refractivity contribution in [3.63, 3.8) is 0 Å². The molecule has 17 heavy (non-hydrogen) atoms. The van der Waals surface area contributed by atoms with Gasteiger partial charge in [-0.2, -0.15) is 0 Å². The molecule has 0 aliphatic carbocycles. The third-order valence-electron chi connectivity index (χ3n) is 2.82. The Morgan fingerprint density at radius 1 is 1.41 bits per heavy atom. The van der Waals surface area contributed by atoms with Crippen LogP contribution in [0.2, 0.25) is 0 Å². The average molecular weight is 235 g/mol. The van der Waals surface area contributed by atoms with Crippen LogP contribution < -0.4 is 5.73 Å². The summed E-state index contributed by atoms with van der Waals surface area (Å²) in [7, 11) is 0. The number of rotatable bonds is 5. The van der Waals surface area contributed by atoms with Crippen molar-refractivity contribution in [3.05, 3.63) is 35.9 Å². The molecule has 1 fully saturated rings. The van der Waals surface area contributed by atoms with Crippen molar-refractivity contribution in [3.8, 4) is 0 Å². The predicted molar refractivity (Wildman–Crippen MR) is 63.2 cm³/mol. The molecule has 0 aromatic heterocycles. The van der Waals surface area contributed by atoms with E-state index in [1.54, 1.807) is 0 Å². The van der Waals surface area contributed by atoms with E-state index in [-0.39, 0.29) is 18.1 Å². The third-order valence-corrected chi connectivity index (χ3v) is 2.82. The number of hydrogen-bond donors (Lipinski definition) is 1. The number of hydrogen-bond acceptors (Lipinski definition) is 4. The predicted octanol–water partition coefficient (Wildman–Crippen LogP) is 1.24. The summed E-state index contributed by atoms with van der Waals surface area (Å²) in [6.45, 7) is 0.946. The lowest BCUT2D eigenvalue weighted by atomic mass is 10.1. The number of carbonyl (C=O) groups is 1. The summed E-state index contributed by atoms with van der Waals surface area (Å²) in [4.78, 5) is 10.9. The number of ether oxygens (including phenoxy) is 2. The Morgan fingerprint density at radius 3 is 2.82 bits per heavy atom. The molecule has 92 valence electrons. The maximum atomic E-state index is 10.9. The van der Waals surface area contributed by atoms with Crippen LogP contribution in [-0.4, -0.2) is 24.7 Å². The lowest BCUT2D eigenvalue weighted by molar-refractivity contribution is -0.142. The standard InChI is InChI=1S/C13H17NO3/c14-11(12-6-7-13(15)17-12)9-16-8-10-4-2-1-3-5-10/h1-5,11-12H,6-9,14H2/t11-,12?/m0/s1. The molecule has 4 nitrogen and oxygen atoms in total. The first kappa shape index (κ1) is 12.1. The summed E-state index contributed by atoms with van der Waals surface area (Å²) in [6, 6.07) is 9.68. The normalized spacial score (nSPS) is 21.2. The monoisotopic (exact) mass is 235 g/mol. The highest BCUT2D eigenvalue weighted by atomic mass is 16.6. The summed E-state index contributed by atoms with van der Waals surface area (Å²) < 4.78 is 10.6. The smallest absolute Gasteiger partial charge is 0.306 e. The maximum Gasteiger partial charge on any atom is 0.306 e. The first-order chi connectivity index (χ1) is 8.25. The Balaban J connectivity index is 1.70. The molecular weight excluding hydrogens is 218 g/mol. The van der Waals surface area contributed by atoms with Gasteiger partial charge in [-0.15, -0.1) is 0 Å². The molecule has 1 aromatic rings. The first-order valence-electron chi connectivity index (χ1n) is 5.82. The van der Waals surface area contributed by atoms with E-state index in [9.17, 15) is 4.79 Å². The van der Waals surface area contributed by atoms with Crippen LogP contribution in [0.4, 0.5) is 0 Å². The van der Waals surface area contributed by atoms with Gasteiger partial charge < -0.3 is 15.2 Å². The molecule has 0 radical (unpaired) electrons. The van der Waals surface area contributed by atoms with Gasteiger partial charge in [-0.05, 0) is 12.0 Å². The van der Waals surface area contributed by atoms with Crippen molar-refractivity contribution < 1.29 is 14.3 Å². The molecule has 2 rings (SSSR count). The van der Waals surface area contributed by atoms with E-state index in [1.165, 1.54) is 0 Å². The van der Waals surface area contributed by atoms with Crippen molar-refractivity contribution in [2.24, 2.45) is 5.73 Å². The molecule has 1 unspecified atom stereocenters. The molecule has 0 bridgehead atoms. The van der Waals surface area contributed by atoms with E-state index in [0.717, 1.165) is 5.56 Å². The fourth-order valence-electron chi connectivity index (χ4n) is 1.84. The highest BCUT2D eigenvalue weighted by Crippen LogP contribution is 2.16. The molecule has 0 spiro atoms. The van der Waals surface area contributed by atoms with Crippen LogP contribution in [0.5, 0.6) is 0 Å². The number of benzene rings is 1. The van der Waals surface area contributed by atoms with Gasteiger partial charge in [0, 0.05) is 6.42 Å². The SMILES string of the molecule is N[C@@H](COCc1ccccc1)C1CCC(=O)O1. The van der Waals surface area contributed by atoms with E-state index >= 15 is 0 Å². The Hall–Kier alpha value is -1.39. The fourth-order valence-corrected chi connectivity index (χ4v) is 1.84. The maximum absolute atomic E-state index is 10.9. The quantitative estimate of drug-likeness (QED) is 0.780. The zero-order valence-corrected chi connectivity index (χ0v) is 9.67. The van der Waals surface area contributed by atoms with Crippen molar-refractivity contribution in [1.82, 2.24) is 0 Å². The van der Waals surface area contributed by atoms with Gasteiger partial charge >= 0.3 is 5.97 Å². The highest BCUT2D eigenvalue weighted by Gasteiger charge is 2.28.